The summed E-state index contributed by atoms with van der Waals surface area (Å²) in [6.07, 6.45) is -0.785. The molecule has 5 nitrogen and oxygen atoms in total. The van der Waals surface area contributed by atoms with Gasteiger partial charge >= 0.3 is 0 Å². The van der Waals surface area contributed by atoms with Crippen LogP contribution in [0.25, 0.3) is 0 Å². The number of para-hydroxylation sites is 2. The Morgan fingerprint density at radius 3 is 1.88 bits per heavy atom. The topological polar surface area (TPSA) is 49.9 Å². The van der Waals surface area contributed by atoms with E-state index in [0.29, 0.717) is 5.69 Å². The first-order valence-corrected chi connectivity index (χ1v) is 8.83. The predicted octanol–water partition coefficient (Wildman–Crippen LogP) is 3.41. The molecular formula is C21H22N2O3. The van der Waals surface area contributed by atoms with Gasteiger partial charge in [0.05, 0.1) is 17.4 Å². The number of nitrogens with zero attached hydrogens (tertiary/aromatic N) is 2. The monoisotopic (exact) mass is 350 g/mol. The standard InChI is InChI=1S/C21H22N2O3/c1-21(2,3)18-16-17(26-23(18)15-12-8-5-9-13-15)20(25)22(19(16)24)14-10-6-4-7-11-14/h4-13,16-18H,1-3H3. The van der Waals surface area contributed by atoms with Crippen LogP contribution >= 0.6 is 0 Å². The van der Waals surface area contributed by atoms with Gasteiger partial charge in [0, 0.05) is 0 Å². The average molecular weight is 350 g/mol. The number of carbonyl (C=O) groups is 2. The number of rotatable bonds is 2. The largest absolute Gasteiger partial charge is 0.273 e. The van der Waals surface area contributed by atoms with Gasteiger partial charge in [-0.1, -0.05) is 57.2 Å². The van der Waals surface area contributed by atoms with Crippen molar-refractivity contribution >= 4 is 23.2 Å². The van der Waals surface area contributed by atoms with Gasteiger partial charge in [-0.2, -0.15) is 0 Å². The van der Waals surface area contributed by atoms with Crippen LogP contribution in [0.4, 0.5) is 11.4 Å². The molecule has 0 aliphatic carbocycles. The molecule has 0 saturated carbocycles. The molecule has 0 radical (unpaired) electrons. The van der Waals surface area contributed by atoms with Gasteiger partial charge in [0.25, 0.3) is 5.91 Å². The van der Waals surface area contributed by atoms with Crippen LogP contribution in [0.2, 0.25) is 0 Å². The van der Waals surface area contributed by atoms with Crippen molar-refractivity contribution < 1.29 is 14.4 Å². The summed E-state index contributed by atoms with van der Waals surface area (Å²) in [5.74, 6) is -1.01. The summed E-state index contributed by atoms with van der Waals surface area (Å²) in [6, 6.07) is 18.5. The lowest BCUT2D eigenvalue weighted by Gasteiger charge is -2.37. The van der Waals surface area contributed by atoms with Crippen LogP contribution in [0.15, 0.2) is 60.7 Å². The van der Waals surface area contributed by atoms with Gasteiger partial charge in [-0.25, -0.2) is 9.96 Å². The second kappa shape index (κ2) is 5.95. The van der Waals surface area contributed by atoms with Crippen molar-refractivity contribution in [2.45, 2.75) is 32.9 Å². The summed E-state index contributed by atoms with van der Waals surface area (Å²) in [4.78, 5) is 33.6. The smallest absolute Gasteiger partial charge is 0.266 e. The molecule has 2 amide bonds. The summed E-state index contributed by atoms with van der Waals surface area (Å²) < 4.78 is 0. The quantitative estimate of drug-likeness (QED) is 0.779. The second-order valence-electron chi connectivity index (χ2n) is 7.87. The minimum Gasteiger partial charge on any atom is -0.273 e. The maximum Gasteiger partial charge on any atom is 0.266 e. The molecule has 0 aromatic heterocycles. The highest BCUT2D eigenvalue weighted by atomic mass is 16.7. The molecule has 3 unspecified atom stereocenters. The van der Waals surface area contributed by atoms with Crippen molar-refractivity contribution in [1.29, 1.82) is 0 Å². The molecule has 2 fully saturated rings. The van der Waals surface area contributed by atoms with Crippen LogP contribution in [0.5, 0.6) is 0 Å². The summed E-state index contributed by atoms with van der Waals surface area (Å²) in [7, 11) is 0. The zero-order valence-electron chi connectivity index (χ0n) is 15.1. The lowest BCUT2D eigenvalue weighted by Crippen LogP contribution is -2.47. The van der Waals surface area contributed by atoms with E-state index < -0.39 is 12.0 Å². The molecular weight excluding hydrogens is 328 g/mol. The third kappa shape index (κ3) is 2.51. The van der Waals surface area contributed by atoms with E-state index in [1.807, 2.05) is 48.5 Å². The van der Waals surface area contributed by atoms with E-state index in [9.17, 15) is 9.59 Å². The van der Waals surface area contributed by atoms with Crippen molar-refractivity contribution in [3.63, 3.8) is 0 Å². The molecule has 134 valence electrons. The third-order valence-electron chi connectivity index (χ3n) is 5.03. The molecule has 2 saturated heterocycles. The molecule has 3 atom stereocenters. The van der Waals surface area contributed by atoms with Crippen molar-refractivity contribution in [1.82, 2.24) is 0 Å². The Hall–Kier alpha value is -2.66. The van der Waals surface area contributed by atoms with Crippen LogP contribution in [0.3, 0.4) is 0 Å². The van der Waals surface area contributed by atoms with Gasteiger partial charge < -0.3 is 0 Å². The Balaban J connectivity index is 1.75. The van der Waals surface area contributed by atoms with E-state index in [0.717, 1.165) is 5.69 Å². The van der Waals surface area contributed by atoms with Crippen LogP contribution in [0.1, 0.15) is 20.8 Å². The summed E-state index contributed by atoms with van der Waals surface area (Å²) in [5, 5.41) is 1.76. The Bertz CT molecular complexity index is 829. The van der Waals surface area contributed by atoms with Crippen LogP contribution < -0.4 is 9.96 Å². The number of hydroxylamine groups is 1. The first kappa shape index (κ1) is 16.8. The number of benzene rings is 2. The molecule has 2 aliphatic rings. The van der Waals surface area contributed by atoms with E-state index in [-0.39, 0.29) is 23.3 Å². The maximum absolute atomic E-state index is 13.2. The fourth-order valence-corrected chi connectivity index (χ4v) is 3.93. The van der Waals surface area contributed by atoms with Gasteiger partial charge in [-0.3, -0.25) is 14.4 Å². The molecule has 2 heterocycles. The number of hydrogen-bond acceptors (Lipinski definition) is 4. The van der Waals surface area contributed by atoms with Gasteiger partial charge in [-0.15, -0.1) is 0 Å². The summed E-state index contributed by atoms with van der Waals surface area (Å²) >= 11 is 0. The number of anilines is 2. The molecule has 26 heavy (non-hydrogen) atoms. The molecule has 2 aromatic rings. The Kier molecular flexibility index (Phi) is 3.84. The van der Waals surface area contributed by atoms with E-state index in [1.54, 1.807) is 17.2 Å². The van der Waals surface area contributed by atoms with Gasteiger partial charge in [-0.05, 0) is 29.7 Å². The van der Waals surface area contributed by atoms with E-state index >= 15 is 0 Å². The molecule has 5 heteroatoms. The van der Waals surface area contributed by atoms with Crippen LogP contribution in [-0.4, -0.2) is 24.0 Å². The summed E-state index contributed by atoms with van der Waals surface area (Å²) in [5.41, 5.74) is 1.20. The van der Waals surface area contributed by atoms with Crippen molar-refractivity contribution in [2.75, 3.05) is 9.96 Å². The number of imide groups is 1. The Labute approximate surface area is 153 Å². The predicted molar refractivity (Wildman–Crippen MR) is 99.5 cm³/mol. The fraction of sp³-hybridized carbons (Fsp3) is 0.333. The molecule has 0 spiro atoms. The Morgan fingerprint density at radius 1 is 0.808 bits per heavy atom. The second-order valence-corrected chi connectivity index (χ2v) is 7.87. The van der Waals surface area contributed by atoms with E-state index in [1.165, 1.54) is 4.90 Å². The number of hydrogen-bond donors (Lipinski definition) is 0. The first-order chi connectivity index (χ1) is 12.4. The summed E-state index contributed by atoms with van der Waals surface area (Å²) in [6.45, 7) is 6.22. The normalized spacial score (nSPS) is 25.7. The maximum atomic E-state index is 13.2. The third-order valence-corrected chi connectivity index (χ3v) is 5.03. The molecule has 2 aliphatic heterocycles. The highest BCUT2D eigenvalue weighted by molar-refractivity contribution is 6.23. The zero-order valence-corrected chi connectivity index (χ0v) is 15.1. The lowest BCUT2D eigenvalue weighted by molar-refractivity contribution is -0.126. The van der Waals surface area contributed by atoms with Gasteiger partial charge in [0.15, 0.2) is 6.10 Å². The highest BCUT2D eigenvalue weighted by Crippen LogP contribution is 2.46. The minimum atomic E-state index is -0.785. The van der Waals surface area contributed by atoms with Crippen molar-refractivity contribution in [2.24, 2.45) is 11.3 Å². The van der Waals surface area contributed by atoms with Crippen LogP contribution in [0, 0.1) is 11.3 Å². The molecule has 0 bridgehead atoms. The molecule has 2 aromatic carbocycles. The number of carbonyl (C=O) groups excluding carboxylic acids is 2. The SMILES string of the molecule is CC(C)(C)C1C2C(=O)N(c3ccccc3)C(=O)C2ON1c1ccccc1. The van der Waals surface area contributed by atoms with Gasteiger partial charge in [0.2, 0.25) is 5.91 Å². The van der Waals surface area contributed by atoms with Crippen LogP contribution in [-0.2, 0) is 14.4 Å². The fourth-order valence-electron chi connectivity index (χ4n) is 3.93. The van der Waals surface area contributed by atoms with E-state index in [2.05, 4.69) is 20.8 Å². The average Bonchev–Trinajstić information content (AvgIpc) is 3.13. The number of amides is 2. The van der Waals surface area contributed by atoms with Crippen molar-refractivity contribution in [3.8, 4) is 0 Å². The van der Waals surface area contributed by atoms with Crippen molar-refractivity contribution in [3.05, 3.63) is 60.7 Å². The first-order valence-electron chi connectivity index (χ1n) is 8.83. The highest BCUT2D eigenvalue weighted by Gasteiger charge is 2.62. The van der Waals surface area contributed by atoms with Gasteiger partial charge in [0.1, 0.15) is 5.92 Å². The lowest BCUT2D eigenvalue weighted by atomic mass is 9.77. The Morgan fingerprint density at radius 2 is 1.35 bits per heavy atom. The number of fused-ring (bicyclic) bond motifs is 1. The van der Waals surface area contributed by atoms with E-state index in [4.69, 9.17) is 4.84 Å². The zero-order chi connectivity index (χ0) is 18.5. The minimum absolute atomic E-state index is 0.190. The molecule has 0 N–H and O–H groups in total. The molecule has 4 rings (SSSR count).